The third-order valence-corrected chi connectivity index (χ3v) is 3.88. The number of hydrogen-bond acceptors (Lipinski definition) is 1. The lowest BCUT2D eigenvalue weighted by Gasteiger charge is -2.27. The fraction of sp³-hybridized carbons (Fsp3) is 0.222. The number of fused-ring (bicyclic) bond motifs is 1. The van der Waals surface area contributed by atoms with E-state index < -0.39 is 0 Å². The SMILES string of the molecule is C=Cc1ccccc1NC1CCCc2ccccc21. The lowest BCUT2D eigenvalue weighted by Crippen LogP contribution is -2.17. The van der Waals surface area contributed by atoms with Gasteiger partial charge in [-0.1, -0.05) is 55.1 Å². The van der Waals surface area contributed by atoms with Crippen LogP contribution in [0.15, 0.2) is 55.1 Å². The Labute approximate surface area is 115 Å². The van der Waals surface area contributed by atoms with Crippen LogP contribution in [0.2, 0.25) is 0 Å². The second-order valence-corrected chi connectivity index (χ2v) is 5.08. The van der Waals surface area contributed by atoms with Gasteiger partial charge in [0, 0.05) is 5.69 Å². The number of aryl methyl sites for hydroxylation is 1. The minimum Gasteiger partial charge on any atom is -0.378 e. The second-order valence-electron chi connectivity index (χ2n) is 5.08. The Morgan fingerprint density at radius 1 is 1.05 bits per heavy atom. The monoisotopic (exact) mass is 249 g/mol. The summed E-state index contributed by atoms with van der Waals surface area (Å²) >= 11 is 0. The van der Waals surface area contributed by atoms with E-state index in [4.69, 9.17) is 0 Å². The van der Waals surface area contributed by atoms with Crippen molar-refractivity contribution < 1.29 is 0 Å². The molecule has 1 nitrogen and oxygen atoms in total. The average molecular weight is 249 g/mol. The van der Waals surface area contributed by atoms with Crippen LogP contribution in [-0.4, -0.2) is 0 Å². The van der Waals surface area contributed by atoms with Crippen LogP contribution in [0.5, 0.6) is 0 Å². The molecule has 0 saturated heterocycles. The molecule has 1 atom stereocenters. The molecule has 0 bridgehead atoms. The van der Waals surface area contributed by atoms with Crippen LogP contribution in [0.25, 0.3) is 6.08 Å². The van der Waals surface area contributed by atoms with Crippen molar-refractivity contribution in [2.75, 3.05) is 5.32 Å². The van der Waals surface area contributed by atoms with E-state index in [0.717, 1.165) is 0 Å². The summed E-state index contributed by atoms with van der Waals surface area (Å²) in [6, 6.07) is 17.6. The van der Waals surface area contributed by atoms with Gasteiger partial charge in [-0.3, -0.25) is 0 Å². The van der Waals surface area contributed by atoms with E-state index in [0.29, 0.717) is 6.04 Å². The zero-order valence-corrected chi connectivity index (χ0v) is 11.1. The molecule has 19 heavy (non-hydrogen) atoms. The Kier molecular flexibility index (Phi) is 3.37. The van der Waals surface area contributed by atoms with Crippen molar-refractivity contribution in [2.45, 2.75) is 25.3 Å². The molecule has 1 N–H and O–H groups in total. The number of nitrogens with one attached hydrogen (secondary N) is 1. The fourth-order valence-corrected chi connectivity index (χ4v) is 2.90. The molecule has 2 aromatic rings. The van der Waals surface area contributed by atoms with Gasteiger partial charge in [0.25, 0.3) is 0 Å². The van der Waals surface area contributed by atoms with Crippen molar-refractivity contribution in [2.24, 2.45) is 0 Å². The molecular formula is C18H19N. The summed E-state index contributed by atoms with van der Waals surface area (Å²) in [6.45, 7) is 3.89. The third kappa shape index (κ3) is 2.41. The molecule has 3 rings (SSSR count). The normalized spacial score (nSPS) is 17.6. The summed E-state index contributed by atoms with van der Waals surface area (Å²) in [5.74, 6) is 0. The Hall–Kier alpha value is -2.02. The smallest absolute Gasteiger partial charge is 0.0516 e. The first-order valence-corrected chi connectivity index (χ1v) is 6.94. The molecule has 0 spiro atoms. The van der Waals surface area contributed by atoms with Gasteiger partial charge in [0.05, 0.1) is 6.04 Å². The maximum absolute atomic E-state index is 3.89. The van der Waals surface area contributed by atoms with Gasteiger partial charge in [0.2, 0.25) is 0 Å². The van der Waals surface area contributed by atoms with Crippen molar-refractivity contribution in [3.05, 3.63) is 71.8 Å². The molecule has 2 aromatic carbocycles. The van der Waals surface area contributed by atoms with Crippen molar-refractivity contribution in [1.29, 1.82) is 0 Å². The molecule has 1 heteroatoms. The maximum Gasteiger partial charge on any atom is 0.0516 e. The standard InChI is InChI=1S/C18H19N/c1-2-14-8-4-6-12-17(14)19-18-13-7-10-15-9-3-5-11-16(15)18/h2-6,8-9,11-12,18-19H,1,7,10,13H2. The molecular weight excluding hydrogens is 230 g/mol. The van der Waals surface area contributed by atoms with Crippen LogP contribution in [-0.2, 0) is 6.42 Å². The molecule has 1 unspecified atom stereocenters. The highest BCUT2D eigenvalue weighted by molar-refractivity contribution is 5.66. The van der Waals surface area contributed by atoms with E-state index in [2.05, 4.69) is 60.4 Å². The summed E-state index contributed by atoms with van der Waals surface area (Å²) in [7, 11) is 0. The minimum absolute atomic E-state index is 0.422. The number of anilines is 1. The average Bonchev–Trinajstić information content (AvgIpc) is 2.48. The predicted octanol–water partition coefficient (Wildman–Crippen LogP) is 4.82. The van der Waals surface area contributed by atoms with Crippen LogP contribution in [0.3, 0.4) is 0 Å². The van der Waals surface area contributed by atoms with E-state index in [-0.39, 0.29) is 0 Å². The largest absolute Gasteiger partial charge is 0.378 e. The van der Waals surface area contributed by atoms with E-state index in [1.165, 1.54) is 41.6 Å². The topological polar surface area (TPSA) is 12.0 Å². The first kappa shape index (κ1) is 12.0. The number of para-hydroxylation sites is 1. The molecule has 1 aliphatic carbocycles. The fourth-order valence-electron chi connectivity index (χ4n) is 2.90. The van der Waals surface area contributed by atoms with Crippen LogP contribution >= 0.6 is 0 Å². The Bertz CT molecular complexity index is 586. The van der Waals surface area contributed by atoms with Gasteiger partial charge in [0.15, 0.2) is 0 Å². The van der Waals surface area contributed by atoms with Crippen LogP contribution in [0.4, 0.5) is 5.69 Å². The molecule has 1 aliphatic rings. The van der Waals surface area contributed by atoms with Gasteiger partial charge in [-0.15, -0.1) is 0 Å². The van der Waals surface area contributed by atoms with Crippen LogP contribution < -0.4 is 5.32 Å². The highest BCUT2D eigenvalue weighted by Gasteiger charge is 2.19. The number of hydrogen-bond donors (Lipinski definition) is 1. The van der Waals surface area contributed by atoms with Gasteiger partial charge in [-0.05, 0) is 42.0 Å². The Balaban J connectivity index is 1.90. The van der Waals surface area contributed by atoms with E-state index in [1.807, 2.05) is 6.08 Å². The number of benzene rings is 2. The lowest BCUT2D eigenvalue weighted by molar-refractivity contribution is 0.600. The van der Waals surface area contributed by atoms with Crippen LogP contribution in [0.1, 0.15) is 35.6 Å². The van der Waals surface area contributed by atoms with Gasteiger partial charge < -0.3 is 5.32 Å². The summed E-state index contributed by atoms with van der Waals surface area (Å²) in [5, 5.41) is 3.69. The van der Waals surface area contributed by atoms with Crippen molar-refractivity contribution >= 4 is 11.8 Å². The first-order chi connectivity index (χ1) is 9.38. The van der Waals surface area contributed by atoms with Crippen LogP contribution in [0, 0.1) is 0 Å². The molecule has 0 fully saturated rings. The molecule has 96 valence electrons. The zero-order chi connectivity index (χ0) is 13.1. The summed E-state index contributed by atoms with van der Waals surface area (Å²) in [4.78, 5) is 0. The van der Waals surface area contributed by atoms with E-state index >= 15 is 0 Å². The molecule has 0 saturated carbocycles. The van der Waals surface area contributed by atoms with Crippen molar-refractivity contribution in [3.63, 3.8) is 0 Å². The van der Waals surface area contributed by atoms with Crippen molar-refractivity contribution in [3.8, 4) is 0 Å². The predicted molar refractivity (Wildman–Crippen MR) is 82.3 cm³/mol. The quantitative estimate of drug-likeness (QED) is 0.822. The third-order valence-electron chi connectivity index (χ3n) is 3.88. The van der Waals surface area contributed by atoms with Crippen molar-refractivity contribution in [1.82, 2.24) is 0 Å². The van der Waals surface area contributed by atoms with Gasteiger partial charge in [0.1, 0.15) is 0 Å². The molecule has 0 aromatic heterocycles. The lowest BCUT2D eigenvalue weighted by atomic mass is 9.87. The Morgan fingerprint density at radius 2 is 1.84 bits per heavy atom. The molecule has 0 aliphatic heterocycles. The highest BCUT2D eigenvalue weighted by atomic mass is 14.9. The summed E-state index contributed by atoms with van der Waals surface area (Å²) in [5.41, 5.74) is 5.29. The maximum atomic E-state index is 3.89. The summed E-state index contributed by atoms with van der Waals surface area (Å²) < 4.78 is 0. The molecule has 0 radical (unpaired) electrons. The van der Waals surface area contributed by atoms with E-state index in [9.17, 15) is 0 Å². The molecule has 0 amide bonds. The number of rotatable bonds is 3. The van der Waals surface area contributed by atoms with Gasteiger partial charge in [-0.25, -0.2) is 0 Å². The highest BCUT2D eigenvalue weighted by Crippen LogP contribution is 2.33. The van der Waals surface area contributed by atoms with Gasteiger partial charge >= 0.3 is 0 Å². The first-order valence-electron chi connectivity index (χ1n) is 6.94. The second kappa shape index (κ2) is 5.31. The Morgan fingerprint density at radius 3 is 2.74 bits per heavy atom. The summed E-state index contributed by atoms with van der Waals surface area (Å²) in [6.07, 6.45) is 5.57. The van der Waals surface area contributed by atoms with E-state index in [1.54, 1.807) is 0 Å². The molecule has 0 heterocycles. The minimum atomic E-state index is 0.422. The van der Waals surface area contributed by atoms with Gasteiger partial charge in [-0.2, -0.15) is 0 Å². The zero-order valence-electron chi connectivity index (χ0n) is 11.1.